The van der Waals surface area contributed by atoms with Crippen molar-refractivity contribution in [3.63, 3.8) is 0 Å². The second-order valence-electron chi connectivity index (χ2n) is 7.05. The third-order valence-corrected chi connectivity index (χ3v) is 5.61. The van der Waals surface area contributed by atoms with Crippen LogP contribution in [0.3, 0.4) is 0 Å². The largest absolute Gasteiger partial charge is 0.393 e. The monoisotopic (exact) mass is 389 g/mol. The van der Waals surface area contributed by atoms with E-state index >= 15 is 0 Å². The molecule has 0 bridgehead atoms. The minimum absolute atomic E-state index is 0.250. The molecular formula is C20H27N3O3S. The summed E-state index contributed by atoms with van der Waals surface area (Å²) in [6, 6.07) is 10.5. The first-order valence-corrected chi connectivity index (χ1v) is 10.3. The third-order valence-electron chi connectivity index (χ3n) is 4.87. The topological polar surface area (TPSA) is 88.8 Å². The average Bonchev–Trinajstić information content (AvgIpc) is 2.68. The molecule has 2 aliphatic heterocycles. The van der Waals surface area contributed by atoms with E-state index in [0.717, 1.165) is 18.7 Å². The zero-order valence-electron chi connectivity index (χ0n) is 15.4. The molecule has 3 atom stereocenters. The standard InChI is InChI=1S/C20H27N3O3S/c21-13-19(27-22-14-18-11-17(24)12-20(25)26-18)10-15-4-6-16(7-5-15)23-8-2-1-3-9-23/h4-7,10,17-18,20,22,24-25H,1-3,8-9,11-12,14H2/b19-10+. The Hall–Kier alpha value is -1.56. The van der Waals surface area contributed by atoms with E-state index in [2.05, 4.69) is 27.8 Å². The number of nitriles is 1. The fraction of sp³-hybridized carbons (Fsp3) is 0.550. The summed E-state index contributed by atoms with van der Waals surface area (Å²) in [6.45, 7) is 2.68. The van der Waals surface area contributed by atoms with Gasteiger partial charge >= 0.3 is 0 Å². The van der Waals surface area contributed by atoms with E-state index in [4.69, 9.17) is 4.74 Å². The van der Waals surface area contributed by atoms with Gasteiger partial charge in [0.05, 0.1) is 12.2 Å². The van der Waals surface area contributed by atoms with Gasteiger partial charge in [0.15, 0.2) is 6.29 Å². The van der Waals surface area contributed by atoms with Crippen LogP contribution in [0.4, 0.5) is 5.69 Å². The molecule has 1 aromatic carbocycles. The molecule has 2 aliphatic rings. The van der Waals surface area contributed by atoms with Gasteiger partial charge in [0, 0.05) is 38.2 Å². The van der Waals surface area contributed by atoms with Crippen molar-refractivity contribution in [3.05, 3.63) is 34.7 Å². The summed E-state index contributed by atoms with van der Waals surface area (Å²) in [5, 5.41) is 28.6. The lowest BCUT2D eigenvalue weighted by molar-refractivity contribution is -0.186. The second-order valence-corrected chi connectivity index (χ2v) is 7.98. The summed E-state index contributed by atoms with van der Waals surface area (Å²) in [5.74, 6) is 0. The first-order chi connectivity index (χ1) is 13.1. The van der Waals surface area contributed by atoms with Crippen molar-refractivity contribution >= 4 is 23.7 Å². The normalized spacial score (nSPS) is 26.6. The summed E-state index contributed by atoms with van der Waals surface area (Å²) in [6.07, 6.45) is 4.67. The van der Waals surface area contributed by atoms with Crippen LogP contribution in [0.2, 0.25) is 0 Å². The van der Waals surface area contributed by atoms with E-state index in [1.54, 1.807) is 0 Å². The van der Waals surface area contributed by atoms with Crippen molar-refractivity contribution in [1.29, 1.82) is 5.26 Å². The molecule has 0 radical (unpaired) electrons. The molecule has 0 saturated carbocycles. The molecule has 7 heteroatoms. The van der Waals surface area contributed by atoms with Crippen LogP contribution in [0.5, 0.6) is 0 Å². The van der Waals surface area contributed by atoms with Gasteiger partial charge < -0.3 is 19.8 Å². The molecule has 2 heterocycles. The third kappa shape index (κ3) is 6.23. The number of benzene rings is 1. The van der Waals surface area contributed by atoms with Gasteiger partial charge in [0.25, 0.3) is 0 Å². The molecule has 6 nitrogen and oxygen atoms in total. The van der Waals surface area contributed by atoms with E-state index < -0.39 is 12.4 Å². The van der Waals surface area contributed by atoms with Crippen LogP contribution in [-0.4, -0.2) is 48.3 Å². The van der Waals surface area contributed by atoms with E-state index in [1.807, 2.05) is 18.2 Å². The van der Waals surface area contributed by atoms with Crippen LogP contribution >= 0.6 is 11.9 Å². The Morgan fingerprint density at radius 2 is 1.96 bits per heavy atom. The maximum Gasteiger partial charge on any atom is 0.157 e. The van der Waals surface area contributed by atoms with Gasteiger partial charge in [-0.1, -0.05) is 12.1 Å². The Morgan fingerprint density at radius 3 is 2.63 bits per heavy atom. The first kappa shape index (κ1) is 20.2. The Labute approximate surface area is 165 Å². The molecule has 3 N–H and O–H groups in total. The molecule has 0 aliphatic carbocycles. The SMILES string of the molecule is N#C/C(=C\c1ccc(N2CCCCC2)cc1)SNCC1CC(O)CC(O)O1. The van der Waals surface area contributed by atoms with Crippen LogP contribution in [-0.2, 0) is 4.74 Å². The summed E-state index contributed by atoms with van der Waals surface area (Å²) in [4.78, 5) is 2.96. The second kappa shape index (κ2) is 10.1. The van der Waals surface area contributed by atoms with E-state index in [0.29, 0.717) is 17.9 Å². The number of piperidine rings is 1. The van der Waals surface area contributed by atoms with Gasteiger partial charge in [0.2, 0.25) is 0 Å². The summed E-state index contributed by atoms with van der Waals surface area (Å²) >= 11 is 1.24. The fourth-order valence-electron chi connectivity index (χ4n) is 3.48. The molecule has 27 heavy (non-hydrogen) atoms. The molecule has 0 amide bonds. The van der Waals surface area contributed by atoms with Gasteiger partial charge in [-0.2, -0.15) is 5.26 Å². The lowest BCUT2D eigenvalue weighted by atomic mass is 10.1. The van der Waals surface area contributed by atoms with Crippen LogP contribution < -0.4 is 9.62 Å². The quantitative estimate of drug-likeness (QED) is 0.509. The van der Waals surface area contributed by atoms with Gasteiger partial charge in [0.1, 0.15) is 11.0 Å². The predicted octanol–water partition coefficient (Wildman–Crippen LogP) is 2.64. The summed E-state index contributed by atoms with van der Waals surface area (Å²) < 4.78 is 8.47. The molecule has 3 unspecified atom stereocenters. The zero-order chi connectivity index (χ0) is 19.1. The summed E-state index contributed by atoms with van der Waals surface area (Å²) in [7, 11) is 0. The number of hydrogen-bond acceptors (Lipinski definition) is 7. The van der Waals surface area contributed by atoms with Gasteiger partial charge in [-0.05, 0) is 55.0 Å². The average molecular weight is 390 g/mol. The number of nitrogens with zero attached hydrogens (tertiary/aromatic N) is 2. The molecule has 146 valence electrons. The Kier molecular flexibility index (Phi) is 7.56. The van der Waals surface area contributed by atoms with Crippen LogP contribution in [0.15, 0.2) is 29.2 Å². The number of anilines is 1. The van der Waals surface area contributed by atoms with Crippen LogP contribution in [0.25, 0.3) is 6.08 Å². The number of hydrogen-bond donors (Lipinski definition) is 3. The maximum absolute atomic E-state index is 9.67. The van der Waals surface area contributed by atoms with Crippen molar-refractivity contribution in [2.24, 2.45) is 0 Å². The first-order valence-electron chi connectivity index (χ1n) is 9.52. The van der Waals surface area contributed by atoms with Crippen molar-refractivity contribution in [2.45, 2.75) is 50.6 Å². The highest BCUT2D eigenvalue weighted by atomic mass is 32.2. The number of rotatable bonds is 6. The lowest BCUT2D eigenvalue weighted by Gasteiger charge is -2.30. The van der Waals surface area contributed by atoms with E-state index in [-0.39, 0.29) is 12.5 Å². The number of ether oxygens (including phenoxy) is 1. The molecular weight excluding hydrogens is 362 g/mol. The molecule has 3 rings (SSSR count). The smallest absolute Gasteiger partial charge is 0.157 e. The minimum Gasteiger partial charge on any atom is -0.393 e. The Balaban J connectivity index is 1.50. The number of allylic oxidation sites excluding steroid dienone is 1. The minimum atomic E-state index is -0.921. The Morgan fingerprint density at radius 1 is 1.22 bits per heavy atom. The van der Waals surface area contributed by atoms with Crippen LogP contribution in [0, 0.1) is 11.3 Å². The Bertz CT molecular complexity index is 658. The molecule has 2 fully saturated rings. The van der Waals surface area contributed by atoms with E-state index in [9.17, 15) is 15.5 Å². The highest BCUT2D eigenvalue weighted by Gasteiger charge is 2.26. The van der Waals surface area contributed by atoms with Gasteiger partial charge in [-0.15, -0.1) is 0 Å². The van der Waals surface area contributed by atoms with Crippen molar-refractivity contribution in [1.82, 2.24) is 4.72 Å². The van der Waals surface area contributed by atoms with Crippen LogP contribution in [0.1, 0.15) is 37.7 Å². The molecule has 2 saturated heterocycles. The number of aliphatic hydroxyl groups excluding tert-OH is 2. The fourth-order valence-corrected chi connectivity index (χ4v) is 4.14. The summed E-state index contributed by atoms with van der Waals surface area (Å²) in [5.41, 5.74) is 2.23. The highest BCUT2D eigenvalue weighted by Crippen LogP contribution is 2.23. The van der Waals surface area contributed by atoms with Crippen molar-refractivity contribution < 1.29 is 14.9 Å². The van der Waals surface area contributed by atoms with Gasteiger partial charge in [-0.25, -0.2) is 0 Å². The molecule has 1 aromatic rings. The van der Waals surface area contributed by atoms with Crippen molar-refractivity contribution in [3.8, 4) is 6.07 Å². The zero-order valence-corrected chi connectivity index (χ0v) is 16.2. The highest BCUT2D eigenvalue weighted by molar-refractivity contribution is 8.01. The predicted molar refractivity (Wildman–Crippen MR) is 108 cm³/mol. The van der Waals surface area contributed by atoms with E-state index in [1.165, 1.54) is 36.9 Å². The molecule has 0 aromatic heterocycles. The maximum atomic E-state index is 9.67. The number of aliphatic hydroxyl groups is 2. The van der Waals surface area contributed by atoms with Crippen molar-refractivity contribution in [2.75, 3.05) is 24.5 Å². The lowest BCUT2D eigenvalue weighted by Crippen LogP contribution is -2.39. The van der Waals surface area contributed by atoms with Gasteiger partial charge in [-0.3, -0.25) is 4.72 Å². The number of nitrogens with one attached hydrogen (secondary N) is 1. The molecule has 0 spiro atoms.